The summed E-state index contributed by atoms with van der Waals surface area (Å²) in [6.45, 7) is 6.97. The molecule has 108 valence electrons. The summed E-state index contributed by atoms with van der Waals surface area (Å²) in [5.74, 6) is 0.851. The summed E-state index contributed by atoms with van der Waals surface area (Å²) in [7, 11) is 1.68. The second kappa shape index (κ2) is 6.81. The fourth-order valence-electron chi connectivity index (χ4n) is 1.94. The molecule has 1 atom stereocenters. The summed E-state index contributed by atoms with van der Waals surface area (Å²) in [5, 5.41) is 4.59. The Hall–Kier alpha value is -1.46. The zero-order valence-electron chi connectivity index (χ0n) is 12.4. The normalized spacial score (nSPS) is 12.4. The number of ether oxygens (including phenoxy) is 1. The molecule has 1 unspecified atom stereocenters. The Morgan fingerprint density at radius 1 is 1.40 bits per heavy atom. The summed E-state index contributed by atoms with van der Waals surface area (Å²) in [6.07, 6.45) is 3.01. The van der Waals surface area contributed by atoms with Crippen LogP contribution in [0.4, 0.5) is 0 Å². The van der Waals surface area contributed by atoms with Crippen LogP contribution in [0.2, 0.25) is 0 Å². The van der Waals surface area contributed by atoms with Gasteiger partial charge in [-0.25, -0.2) is 4.98 Å². The van der Waals surface area contributed by atoms with E-state index in [0.29, 0.717) is 6.54 Å². The first-order chi connectivity index (χ1) is 9.62. The fraction of sp³-hybridized carbons (Fsp3) is 0.467. The first kappa shape index (κ1) is 14.9. The number of nitrogens with zero attached hydrogens (tertiary/aromatic N) is 2. The number of aryl methyl sites for hydroxylation is 2. The molecule has 0 aliphatic heterocycles. The van der Waals surface area contributed by atoms with E-state index in [2.05, 4.69) is 29.1 Å². The molecule has 5 heteroatoms. The molecule has 0 aliphatic carbocycles. The van der Waals surface area contributed by atoms with Crippen LogP contribution in [0.25, 0.3) is 0 Å². The van der Waals surface area contributed by atoms with Crippen molar-refractivity contribution in [1.82, 2.24) is 15.3 Å². The van der Waals surface area contributed by atoms with Gasteiger partial charge in [-0.2, -0.15) is 0 Å². The number of hydrogen-bond donors (Lipinski definition) is 1. The first-order valence-electron chi connectivity index (χ1n) is 6.82. The molecule has 20 heavy (non-hydrogen) atoms. The third-order valence-electron chi connectivity index (χ3n) is 3.10. The van der Waals surface area contributed by atoms with E-state index in [1.807, 2.05) is 25.3 Å². The number of aromatic nitrogens is 2. The predicted molar refractivity (Wildman–Crippen MR) is 82.3 cm³/mol. The molecule has 0 saturated heterocycles. The van der Waals surface area contributed by atoms with Crippen LogP contribution in [0.15, 0.2) is 18.3 Å². The van der Waals surface area contributed by atoms with Crippen LogP contribution in [0.3, 0.4) is 0 Å². The van der Waals surface area contributed by atoms with Crippen LogP contribution in [0.1, 0.15) is 41.2 Å². The standard InChI is InChI=1S/C15H21N3OS/c1-5-14-9-17-15(20-14)11(3)16-8-12-7-13(19-4)6-10(2)18-12/h6-7,9,11,16H,5,8H2,1-4H3. The molecule has 0 amide bonds. The van der Waals surface area contributed by atoms with E-state index in [-0.39, 0.29) is 6.04 Å². The molecule has 0 aromatic carbocycles. The number of rotatable bonds is 6. The minimum Gasteiger partial charge on any atom is -0.497 e. The highest BCUT2D eigenvalue weighted by Gasteiger charge is 2.10. The van der Waals surface area contributed by atoms with Crippen LogP contribution in [0.5, 0.6) is 5.75 Å². The predicted octanol–water partition coefficient (Wildman–Crippen LogP) is 3.27. The maximum atomic E-state index is 5.27. The Bertz CT molecular complexity index is 568. The summed E-state index contributed by atoms with van der Waals surface area (Å²) in [4.78, 5) is 10.3. The highest BCUT2D eigenvalue weighted by Crippen LogP contribution is 2.21. The molecule has 4 nitrogen and oxygen atoms in total. The van der Waals surface area contributed by atoms with Crippen molar-refractivity contribution in [2.24, 2.45) is 0 Å². The van der Waals surface area contributed by atoms with Gasteiger partial charge in [-0.1, -0.05) is 6.92 Å². The molecule has 0 saturated carbocycles. The van der Waals surface area contributed by atoms with Crippen LogP contribution < -0.4 is 10.1 Å². The Morgan fingerprint density at radius 3 is 2.85 bits per heavy atom. The van der Waals surface area contributed by atoms with Gasteiger partial charge in [-0.3, -0.25) is 4.98 Å². The quantitative estimate of drug-likeness (QED) is 0.887. The molecule has 1 N–H and O–H groups in total. The molecule has 0 fully saturated rings. The van der Waals surface area contributed by atoms with Gasteiger partial charge in [0.1, 0.15) is 10.8 Å². The van der Waals surface area contributed by atoms with Crippen molar-refractivity contribution in [3.05, 3.63) is 39.6 Å². The highest BCUT2D eigenvalue weighted by atomic mass is 32.1. The van der Waals surface area contributed by atoms with Crippen LogP contribution in [0, 0.1) is 6.92 Å². The lowest BCUT2D eigenvalue weighted by Gasteiger charge is -2.12. The number of thiazole rings is 1. The molecule has 2 aromatic rings. The average molecular weight is 291 g/mol. The molecule has 0 radical (unpaired) electrons. The van der Waals surface area contributed by atoms with Gasteiger partial charge >= 0.3 is 0 Å². The van der Waals surface area contributed by atoms with Crippen molar-refractivity contribution < 1.29 is 4.74 Å². The van der Waals surface area contributed by atoms with E-state index in [1.54, 1.807) is 18.4 Å². The van der Waals surface area contributed by atoms with Gasteiger partial charge < -0.3 is 10.1 Å². The smallest absolute Gasteiger partial charge is 0.122 e. The number of nitrogens with one attached hydrogen (secondary N) is 1. The number of methoxy groups -OCH3 is 1. The molecule has 0 aliphatic rings. The van der Waals surface area contributed by atoms with Gasteiger partial charge in [0.15, 0.2) is 0 Å². The van der Waals surface area contributed by atoms with Crippen LogP contribution in [-0.4, -0.2) is 17.1 Å². The van der Waals surface area contributed by atoms with Crippen LogP contribution in [-0.2, 0) is 13.0 Å². The third-order valence-corrected chi connectivity index (χ3v) is 4.42. The van der Waals surface area contributed by atoms with Crippen molar-refractivity contribution in [3.8, 4) is 5.75 Å². The number of hydrogen-bond acceptors (Lipinski definition) is 5. The van der Waals surface area contributed by atoms with E-state index >= 15 is 0 Å². The van der Waals surface area contributed by atoms with E-state index in [4.69, 9.17) is 4.74 Å². The van der Waals surface area contributed by atoms with Crippen molar-refractivity contribution in [2.75, 3.05) is 7.11 Å². The van der Waals surface area contributed by atoms with Crippen LogP contribution >= 0.6 is 11.3 Å². The lowest BCUT2D eigenvalue weighted by Crippen LogP contribution is -2.18. The minimum atomic E-state index is 0.230. The van der Waals surface area contributed by atoms with Gasteiger partial charge in [0.25, 0.3) is 0 Å². The van der Waals surface area contributed by atoms with E-state index in [1.165, 1.54) is 4.88 Å². The number of pyridine rings is 1. The van der Waals surface area contributed by atoms with E-state index in [0.717, 1.165) is 28.6 Å². The Labute approximate surface area is 124 Å². The first-order valence-corrected chi connectivity index (χ1v) is 7.63. The molecular formula is C15H21N3OS. The van der Waals surface area contributed by atoms with Crippen molar-refractivity contribution in [1.29, 1.82) is 0 Å². The largest absolute Gasteiger partial charge is 0.497 e. The topological polar surface area (TPSA) is 47.0 Å². The average Bonchev–Trinajstić information content (AvgIpc) is 2.93. The molecule has 0 bridgehead atoms. The highest BCUT2D eigenvalue weighted by molar-refractivity contribution is 7.11. The van der Waals surface area contributed by atoms with Gasteiger partial charge in [-0.15, -0.1) is 11.3 Å². The molecule has 2 heterocycles. The Morgan fingerprint density at radius 2 is 2.20 bits per heavy atom. The Balaban J connectivity index is 1.99. The lowest BCUT2D eigenvalue weighted by atomic mass is 10.2. The molecule has 2 rings (SSSR count). The second-order valence-corrected chi connectivity index (χ2v) is 5.91. The van der Waals surface area contributed by atoms with Crippen molar-refractivity contribution >= 4 is 11.3 Å². The maximum Gasteiger partial charge on any atom is 0.122 e. The van der Waals surface area contributed by atoms with Gasteiger partial charge in [-0.05, 0) is 20.3 Å². The van der Waals surface area contributed by atoms with Crippen molar-refractivity contribution in [2.45, 2.75) is 39.8 Å². The minimum absolute atomic E-state index is 0.230. The summed E-state index contributed by atoms with van der Waals surface area (Å²) in [5.41, 5.74) is 1.96. The van der Waals surface area contributed by atoms with Gasteiger partial charge in [0.05, 0.1) is 18.8 Å². The van der Waals surface area contributed by atoms with Crippen molar-refractivity contribution in [3.63, 3.8) is 0 Å². The fourth-order valence-corrected chi connectivity index (χ4v) is 2.83. The van der Waals surface area contributed by atoms with E-state index in [9.17, 15) is 0 Å². The zero-order valence-corrected chi connectivity index (χ0v) is 13.3. The lowest BCUT2D eigenvalue weighted by molar-refractivity contribution is 0.412. The Kier molecular flexibility index (Phi) is 5.09. The summed E-state index contributed by atoms with van der Waals surface area (Å²) < 4.78 is 5.27. The summed E-state index contributed by atoms with van der Waals surface area (Å²) >= 11 is 1.77. The van der Waals surface area contributed by atoms with Gasteiger partial charge in [0.2, 0.25) is 0 Å². The summed E-state index contributed by atoms with van der Waals surface area (Å²) in [6, 6.07) is 4.13. The molecular weight excluding hydrogens is 270 g/mol. The van der Waals surface area contributed by atoms with E-state index < -0.39 is 0 Å². The monoisotopic (exact) mass is 291 g/mol. The molecule has 0 spiro atoms. The maximum absolute atomic E-state index is 5.27. The van der Waals surface area contributed by atoms with Gasteiger partial charge in [0, 0.05) is 35.4 Å². The SMILES string of the molecule is CCc1cnc(C(C)NCc2cc(OC)cc(C)n2)s1. The third kappa shape index (κ3) is 3.77. The zero-order chi connectivity index (χ0) is 14.5. The molecule has 2 aromatic heterocycles. The second-order valence-electron chi connectivity index (χ2n) is 4.76.